The Labute approximate surface area is 122 Å². The van der Waals surface area contributed by atoms with E-state index in [-0.39, 0.29) is 5.69 Å². The number of hydrogen-bond acceptors (Lipinski definition) is 3. The minimum absolute atomic E-state index is 0.253. The summed E-state index contributed by atoms with van der Waals surface area (Å²) in [7, 11) is 0. The van der Waals surface area contributed by atoms with E-state index in [0.29, 0.717) is 5.69 Å². The summed E-state index contributed by atoms with van der Waals surface area (Å²) < 4.78 is 1.60. The molecule has 0 fully saturated rings. The minimum atomic E-state index is -0.842. The first-order valence-corrected chi connectivity index (χ1v) is 6.58. The molecule has 1 aromatic carbocycles. The van der Waals surface area contributed by atoms with Gasteiger partial charge >= 0.3 is 0 Å². The van der Waals surface area contributed by atoms with Crippen LogP contribution in [0.5, 0.6) is 0 Å². The van der Waals surface area contributed by atoms with Crippen molar-refractivity contribution in [3.8, 4) is 5.69 Å². The maximum Gasteiger partial charge on any atom is 0.276 e. The first-order valence-electron chi connectivity index (χ1n) is 6.20. The number of aromatic nitrogens is 2. The number of halogens is 1. The fraction of sp³-hybridized carbons (Fsp3) is 0.267. The Bertz CT molecular complexity index is 740. The molecule has 0 N–H and O–H groups in total. The van der Waals surface area contributed by atoms with Crippen LogP contribution in [0.25, 0.3) is 5.69 Å². The molecular formula is C15H15ClN2O2. The SMILES string of the molecule is Cc1cc(C)c(-n2nc(C(=O)Cl)c(=O)cc2C)c(C)c1. The van der Waals surface area contributed by atoms with Crippen molar-refractivity contribution in [2.24, 2.45) is 0 Å². The maximum absolute atomic E-state index is 11.7. The lowest BCUT2D eigenvalue weighted by molar-refractivity contribution is 0.107. The molecule has 2 rings (SSSR count). The summed E-state index contributed by atoms with van der Waals surface area (Å²) in [6, 6.07) is 5.44. The molecular weight excluding hydrogens is 276 g/mol. The number of aryl methyl sites for hydroxylation is 4. The molecule has 0 saturated heterocycles. The highest BCUT2D eigenvalue weighted by atomic mass is 35.5. The van der Waals surface area contributed by atoms with E-state index in [1.54, 1.807) is 11.6 Å². The van der Waals surface area contributed by atoms with Crippen molar-refractivity contribution in [1.82, 2.24) is 9.78 Å². The predicted molar refractivity (Wildman–Crippen MR) is 79.0 cm³/mol. The van der Waals surface area contributed by atoms with Crippen LogP contribution in [0.1, 0.15) is 32.9 Å². The number of rotatable bonds is 2. The van der Waals surface area contributed by atoms with Crippen LogP contribution >= 0.6 is 11.6 Å². The van der Waals surface area contributed by atoms with Crippen molar-refractivity contribution >= 4 is 16.8 Å². The van der Waals surface area contributed by atoms with Gasteiger partial charge in [0.25, 0.3) is 5.24 Å². The molecule has 0 unspecified atom stereocenters. The molecule has 2 aromatic rings. The van der Waals surface area contributed by atoms with Crippen LogP contribution in [0, 0.1) is 27.7 Å². The van der Waals surface area contributed by atoms with Crippen molar-refractivity contribution in [2.45, 2.75) is 27.7 Å². The van der Waals surface area contributed by atoms with Crippen molar-refractivity contribution in [1.29, 1.82) is 0 Å². The zero-order valence-electron chi connectivity index (χ0n) is 11.8. The molecule has 0 radical (unpaired) electrons. The molecule has 1 heterocycles. The summed E-state index contributed by atoms with van der Waals surface area (Å²) in [5, 5.41) is 3.27. The van der Waals surface area contributed by atoms with Crippen LogP contribution in [0.3, 0.4) is 0 Å². The fourth-order valence-electron chi connectivity index (χ4n) is 2.42. The van der Waals surface area contributed by atoms with Crippen LogP contribution in [-0.4, -0.2) is 15.0 Å². The van der Waals surface area contributed by atoms with E-state index in [9.17, 15) is 9.59 Å². The van der Waals surface area contributed by atoms with Crippen LogP contribution in [-0.2, 0) is 0 Å². The van der Waals surface area contributed by atoms with E-state index in [0.717, 1.165) is 22.4 Å². The van der Waals surface area contributed by atoms with Crippen LogP contribution < -0.4 is 5.43 Å². The molecule has 104 valence electrons. The maximum atomic E-state index is 11.7. The second-order valence-electron chi connectivity index (χ2n) is 4.93. The van der Waals surface area contributed by atoms with Gasteiger partial charge in [0.1, 0.15) is 0 Å². The molecule has 0 aliphatic rings. The van der Waals surface area contributed by atoms with Gasteiger partial charge in [-0.1, -0.05) is 17.7 Å². The molecule has 4 nitrogen and oxygen atoms in total. The Morgan fingerprint density at radius 2 is 1.65 bits per heavy atom. The molecule has 0 atom stereocenters. The standard InChI is InChI=1S/C15H15ClN2O2/c1-8-5-9(2)14(10(3)6-8)18-11(4)7-12(19)13(17-18)15(16)20/h5-7H,1-4H3. The number of benzene rings is 1. The molecule has 0 aliphatic heterocycles. The van der Waals surface area contributed by atoms with E-state index >= 15 is 0 Å². The van der Waals surface area contributed by atoms with Gasteiger partial charge < -0.3 is 0 Å². The van der Waals surface area contributed by atoms with E-state index in [1.807, 2.05) is 32.9 Å². The van der Waals surface area contributed by atoms with Crippen molar-refractivity contribution in [3.05, 3.63) is 56.5 Å². The summed E-state index contributed by atoms with van der Waals surface area (Å²) in [5.41, 5.74) is 4.01. The van der Waals surface area contributed by atoms with E-state index in [4.69, 9.17) is 11.6 Å². The average Bonchev–Trinajstić information content (AvgIpc) is 2.29. The van der Waals surface area contributed by atoms with Gasteiger partial charge in [0.2, 0.25) is 5.43 Å². The van der Waals surface area contributed by atoms with Crippen LogP contribution in [0.15, 0.2) is 23.0 Å². The Morgan fingerprint density at radius 3 is 2.15 bits per heavy atom. The highest BCUT2D eigenvalue weighted by Gasteiger charge is 2.15. The average molecular weight is 291 g/mol. The lowest BCUT2D eigenvalue weighted by Gasteiger charge is -2.16. The molecule has 0 bridgehead atoms. The Hall–Kier alpha value is -1.94. The van der Waals surface area contributed by atoms with Gasteiger partial charge in [0.05, 0.1) is 5.69 Å². The Morgan fingerprint density at radius 1 is 1.10 bits per heavy atom. The van der Waals surface area contributed by atoms with Crippen LogP contribution in [0.4, 0.5) is 0 Å². The van der Waals surface area contributed by atoms with Crippen molar-refractivity contribution in [2.75, 3.05) is 0 Å². The largest absolute Gasteiger partial charge is 0.287 e. The summed E-state index contributed by atoms with van der Waals surface area (Å²) in [6.07, 6.45) is 0. The fourth-order valence-corrected chi connectivity index (χ4v) is 2.55. The summed E-state index contributed by atoms with van der Waals surface area (Å²) in [5.74, 6) is 0. The monoisotopic (exact) mass is 290 g/mol. The third kappa shape index (κ3) is 2.51. The first kappa shape index (κ1) is 14.5. The third-order valence-corrected chi connectivity index (χ3v) is 3.32. The zero-order valence-corrected chi connectivity index (χ0v) is 12.6. The van der Waals surface area contributed by atoms with Crippen molar-refractivity contribution in [3.63, 3.8) is 0 Å². The molecule has 0 saturated carbocycles. The first-order chi connectivity index (χ1) is 9.31. The smallest absolute Gasteiger partial charge is 0.276 e. The predicted octanol–water partition coefficient (Wildman–Crippen LogP) is 2.85. The van der Waals surface area contributed by atoms with Gasteiger partial charge in [0.15, 0.2) is 5.69 Å². The molecule has 0 amide bonds. The molecule has 5 heteroatoms. The quantitative estimate of drug-likeness (QED) is 0.799. The minimum Gasteiger partial charge on any atom is -0.287 e. The summed E-state index contributed by atoms with van der Waals surface area (Å²) >= 11 is 5.41. The van der Waals surface area contributed by atoms with Gasteiger partial charge in [-0.25, -0.2) is 4.68 Å². The second kappa shape index (κ2) is 5.21. The van der Waals surface area contributed by atoms with Gasteiger partial charge in [-0.15, -0.1) is 0 Å². The molecule has 1 aromatic heterocycles. The van der Waals surface area contributed by atoms with Gasteiger partial charge in [0, 0.05) is 11.8 Å². The Balaban J connectivity index is 2.80. The summed E-state index contributed by atoms with van der Waals surface area (Å²) in [6.45, 7) is 7.73. The second-order valence-corrected chi connectivity index (χ2v) is 5.27. The van der Waals surface area contributed by atoms with Gasteiger partial charge in [-0.3, -0.25) is 9.59 Å². The number of carbonyl (C=O) groups excluding carboxylic acids is 1. The summed E-state index contributed by atoms with van der Waals surface area (Å²) in [4.78, 5) is 23.0. The number of hydrogen-bond donors (Lipinski definition) is 0. The normalized spacial score (nSPS) is 10.7. The highest BCUT2D eigenvalue weighted by Crippen LogP contribution is 2.21. The van der Waals surface area contributed by atoms with Gasteiger partial charge in [-0.2, -0.15) is 5.10 Å². The topological polar surface area (TPSA) is 52.0 Å². The number of nitrogens with zero attached hydrogens (tertiary/aromatic N) is 2. The van der Waals surface area contributed by atoms with E-state index in [1.165, 1.54) is 6.07 Å². The Kier molecular flexibility index (Phi) is 3.77. The van der Waals surface area contributed by atoms with Crippen molar-refractivity contribution < 1.29 is 4.79 Å². The number of carbonyl (C=O) groups is 1. The van der Waals surface area contributed by atoms with Gasteiger partial charge in [-0.05, 0) is 50.4 Å². The van der Waals surface area contributed by atoms with E-state index < -0.39 is 10.7 Å². The molecule has 0 aliphatic carbocycles. The van der Waals surface area contributed by atoms with E-state index in [2.05, 4.69) is 5.10 Å². The molecule has 20 heavy (non-hydrogen) atoms. The molecule has 0 spiro atoms. The zero-order chi connectivity index (χ0) is 15.0. The highest BCUT2D eigenvalue weighted by molar-refractivity contribution is 6.67. The lowest BCUT2D eigenvalue weighted by Crippen LogP contribution is -2.21. The lowest BCUT2D eigenvalue weighted by atomic mass is 10.0. The van der Waals surface area contributed by atoms with Crippen LogP contribution in [0.2, 0.25) is 0 Å². The third-order valence-electron chi connectivity index (χ3n) is 3.14.